The van der Waals surface area contributed by atoms with Gasteiger partial charge in [0.25, 0.3) is 5.91 Å². The fraction of sp³-hybridized carbons (Fsp3) is 0.286. The lowest BCUT2D eigenvalue weighted by Crippen LogP contribution is -2.22. The summed E-state index contributed by atoms with van der Waals surface area (Å²) in [5, 5.41) is 2.75. The highest BCUT2D eigenvalue weighted by Gasteiger charge is 2.13. The van der Waals surface area contributed by atoms with E-state index in [1.165, 1.54) is 4.90 Å². The van der Waals surface area contributed by atoms with E-state index < -0.39 is 0 Å². The molecule has 0 fully saturated rings. The summed E-state index contributed by atoms with van der Waals surface area (Å²) in [6, 6.07) is 12.5. The number of hydrogen-bond acceptors (Lipinski definition) is 3. The Morgan fingerprint density at radius 2 is 1.69 bits per heavy atom. The number of nitrogens with one attached hydrogen (secondary N) is 1. The summed E-state index contributed by atoms with van der Waals surface area (Å²) >= 11 is 0. The van der Waals surface area contributed by atoms with Crippen molar-refractivity contribution in [2.24, 2.45) is 0 Å². The van der Waals surface area contributed by atoms with E-state index in [9.17, 15) is 14.4 Å². The zero-order valence-corrected chi connectivity index (χ0v) is 15.6. The lowest BCUT2D eigenvalue weighted by Gasteiger charge is -2.12. The summed E-state index contributed by atoms with van der Waals surface area (Å²) < 4.78 is 0. The number of ketones is 1. The van der Waals surface area contributed by atoms with Gasteiger partial charge in [-0.25, -0.2) is 0 Å². The predicted octanol–water partition coefficient (Wildman–Crippen LogP) is 3.61. The van der Waals surface area contributed by atoms with Crippen LogP contribution in [0.25, 0.3) is 0 Å². The molecule has 0 aromatic heterocycles. The van der Waals surface area contributed by atoms with Crippen LogP contribution in [0.4, 0.5) is 5.69 Å². The van der Waals surface area contributed by atoms with Gasteiger partial charge in [0, 0.05) is 43.8 Å². The van der Waals surface area contributed by atoms with Gasteiger partial charge in [-0.3, -0.25) is 14.4 Å². The molecular formula is C21H24N2O3. The third-order valence-electron chi connectivity index (χ3n) is 4.07. The van der Waals surface area contributed by atoms with Gasteiger partial charge in [0.2, 0.25) is 5.91 Å². The molecule has 1 N–H and O–H groups in total. The quantitative estimate of drug-likeness (QED) is 0.808. The van der Waals surface area contributed by atoms with Crippen molar-refractivity contribution in [1.29, 1.82) is 0 Å². The molecule has 5 nitrogen and oxygen atoms in total. The van der Waals surface area contributed by atoms with Crippen LogP contribution in [-0.4, -0.2) is 36.6 Å². The molecule has 26 heavy (non-hydrogen) atoms. The van der Waals surface area contributed by atoms with Crippen LogP contribution in [0.3, 0.4) is 0 Å². The fourth-order valence-electron chi connectivity index (χ4n) is 2.61. The molecule has 0 radical (unpaired) electrons. The molecule has 0 saturated heterocycles. The number of rotatable bonds is 6. The van der Waals surface area contributed by atoms with Crippen LogP contribution in [0.1, 0.15) is 44.7 Å². The zero-order valence-electron chi connectivity index (χ0n) is 15.6. The van der Waals surface area contributed by atoms with Gasteiger partial charge in [-0.1, -0.05) is 23.8 Å². The lowest BCUT2D eigenvalue weighted by molar-refractivity contribution is -0.116. The van der Waals surface area contributed by atoms with Crippen LogP contribution in [0, 0.1) is 13.8 Å². The normalized spacial score (nSPS) is 10.3. The summed E-state index contributed by atoms with van der Waals surface area (Å²) in [5.41, 5.74) is 3.64. The van der Waals surface area contributed by atoms with Gasteiger partial charge >= 0.3 is 0 Å². The number of carbonyl (C=O) groups is 3. The molecule has 0 aliphatic carbocycles. The van der Waals surface area contributed by atoms with Gasteiger partial charge in [0.05, 0.1) is 0 Å². The standard InChI is InChI=1S/C21H24N2O3/c1-14-8-9-15(2)18(12-14)19(24)10-11-20(25)22-17-7-5-6-16(13-17)21(26)23(3)4/h5-9,12-13H,10-11H2,1-4H3,(H,22,25). The van der Waals surface area contributed by atoms with E-state index in [0.717, 1.165) is 11.1 Å². The van der Waals surface area contributed by atoms with Crippen molar-refractivity contribution in [3.63, 3.8) is 0 Å². The molecule has 0 aliphatic rings. The summed E-state index contributed by atoms with van der Waals surface area (Å²) in [7, 11) is 3.35. The SMILES string of the molecule is Cc1ccc(C)c(C(=O)CCC(=O)Nc2cccc(C(=O)N(C)C)c2)c1. The van der Waals surface area contributed by atoms with Crippen molar-refractivity contribution >= 4 is 23.3 Å². The molecule has 0 atom stereocenters. The molecule has 0 aliphatic heterocycles. The van der Waals surface area contributed by atoms with E-state index in [1.807, 2.05) is 32.0 Å². The van der Waals surface area contributed by atoms with E-state index in [2.05, 4.69) is 5.32 Å². The average Bonchev–Trinajstić information content (AvgIpc) is 2.61. The monoisotopic (exact) mass is 352 g/mol. The minimum absolute atomic E-state index is 0.0436. The Morgan fingerprint density at radius 3 is 2.38 bits per heavy atom. The summed E-state index contributed by atoms with van der Waals surface area (Å²) in [5.74, 6) is -0.429. The Bertz CT molecular complexity index is 841. The molecule has 0 unspecified atom stereocenters. The molecule has 2 rings (SSSR count). The maximum Gasteiger partial charge on any atom is 0.253 e. The maximum absolute atomic E-state index is 12.4. The van der Waals surface area contributed by atoms with Crippen molar-refractivity contribution in [2.45, 2.75) is 26.7 Å². The van der Waals surface area contributed by atoms with Gasteiger partial charge in [-0.2, -0.15) is 0 Å². The van der Waals surface area contributed by atoms with Crippen LogP contribution in [0.5, 0.6) is 0 Å². The molecule has 5 heteroatoms. The van der Waals surface area contributed by atoms with Crippen molar-refractivity contribution in [3.8, 4) is 0 Å². The van der Waals surface area contributed by atoms with Crippen LogP contribution >= 0.6 is 0 Å². The first-order valence-corrected chi connectivity index (χ1v) is 8.50. The molecular weight excluding hydrogens is 328 g/mol. The van der Waals surface area contributed by atoms with Crippen LogP contribution in [-0.2, 0) is 4.79 Å². The Hall–Kier alpha value is -2.95. The Kier molecular flexibility index (Phi) is 6.28. The highest BCUT2D eigenvalue weighted by molar-refractivity contribution is 6.01. The largest absolute Gasteiger partial charge is 0.345 e. The van der Waals surface area contributed by atoms with E-state index >= 15 is 0 Å². The summed E-state index contributed by atoms with van der Waals surface area (Å²) in [4.78, 5) is 38.0. The van der Waals surface area contributed by atoms with Crippen molar-refractivity contribution in [1.82, 2.24) is 4.90 Å². The fourth-order valence-corrected chi connectivity index (χ4v) is 2.61. The Balaban J connectivity index is 1.97. The van der Waals surface area contributed by atoms with Crippen molar-refractivity contribution < 1.29 is 14.4 Å². The molecule has 2 amide bonds. The number of carbonyl (C=O) groups excluding carboxylic acids is 3. The molecule has 0 bridgehead atoms. The van der Waals surface area contributed by atoms with E-state index in [4.69, 9.17) is 0 Å². The second-order valence-corrected chi connectivity index (χ2v) is 6.57. The zero-order chi connectivity index (χ0) is 19.3. The topological polar surface area (TPSA) is 66.5 Å². The van der Waals surface area contributed by atoms with Gasteiger partial charge in [-0.15, -0.1) is 0 Å². The Labute approximate surface area is 154 Å². The molecule has 2 aromatic rings. The molecule has 2 aromatic carbocycles. The number of hydrogen-bond donors (Lipinski definition) is 1. The summed E-state index contributed by atoms with van der Waals surface area (Å²) in [6.07, 6.45) is 0.241. The molecule has 0 heterocycles. The van der Waals surface area contributed by atoms with Crippen LogP contribution in [0.15, 0.2) is 42.5 Å². The van der Waals surface area contributed by atoms with E-state index in [-0.39, 0.29) is 30.4 Å². The molecule has 0 saturated carbocycles. The lowest BCUT2D eigenvalue weighted by atomic mass is 9.99. The number of anilines is 1. The summed E-state index contributed by atoms with van der Waals surface area (Å²) in [6.45, 7) is 3.82. The second kappa shape index (κ2) is 8.43. The van der Waals surface area contributed by atoms with Crippen LogP contribution < -0.4 is 5.32 Å². The van der Waals surface area contributed by atoms with Gasteiger partial charge in [0.15, 0.2) is 5.78 Å². The average molecular weight is 352 g/mol. The minimum Gasteiger partial charge on any atom is -0.345 e. The molecule has 0 spiro atoms. The number of benzene rings is 2. The van der Waals surface area contributed by atoms with Gasteiger partial charge in [-0.05, 0) is 43.7 Å². The highest BCUT2D eigenvalue weighted by atomic mass is 16.2. The number of aryl methyl sites for hydroxylation is 2. The first-order chi connectivity index (χ1) is 12.3. The van der Waals surface area contributed by atoms with Crippen LogP contribution in [0.2, 0.25) is 0 Å². The highest BCUT2D eigenvalue weighted by Crippen LogP contribution is 2.15. The minimum atomic E-state index is -0.252. The third kappa shape index (κ3) is 5.02. The number of amides is 2. The first-order valence-electron chi connectivity index (χ1n) is 8.50. The first kappa shape index (κ1) is 19.4. The van der Waals surface area contributed by atoms with E-state index in [0.29, 0.717) is 16.8 Å². The maximum atomic E-state index is 12.4. The predicted molar refractivity (Wildman–Crippen MR) is 103 cm³/mol. The second-order valence-electron chi connectivity index (χ2n) is 6.57. The van der Waals surface area contributed by atoms with Gasteiger partial charge in [0.1, 0.15) is 0 Å². The Morgan fingerprint density at radius 1 is 0.962 bits per heavy atom. The van der Waals surface area contributed by atoms with E-state index in [1.54, 1.807) is 38.4 Å². The number of Topliss-reactive ketones (excluding diaryl/α,β-unsaturated/α-hetero) is 1. The third-order valence-corrected chi connectivity index (χ3v) is 4.07. The molecule has 136 valence electrons. The smallest absolute Gasteiger partial charge is 0.253 e. The van der Waals surface area contributed by atoms with Crippen molar-refractivity contribution in [3.05, 3.63) is 64.7 Å². The van der Waals surface area contributed by atoms with Crippen molar-refractivity contribution in [2.75, 3.05) is 19.4 Å². The van der Waals surface area contributed by atoms with Gasteiger partial charge < -0.3 is 10.2 Å². The number of nitrogens with zero attached hydrogens (tertiary/aromatic N) is 1.